The maximum Gasteiger partial charge on any atom is 0.248 e. The van der Waals surface area contributed by atoms with Gasteiger partial charge in [0.25, 0.3) is 0 Å². The van der Waals surface area contributed by atoms with Crippen LogP contribution in [0.2, 0.25) is 0 Å². The molecule has 1 saturated carbocycles. The largest absolute Gasteiger partial charge is 0.495 e. The highest BCUT2D eigenvalue weighted by atomic mass is 16.5. The molecule has 0 saturated heterocycles. The lowest BCUT2D eigenvalue weighted by Crippen LogP contribution is -2.38. The molecule has 1 aliphatic rings. The molecule has 0 spiro atoms. The van der Waals surface area contributed by atoms with Gasteiger partial charge in [-0.05, 0) is 31.0 Å². The number of carbonyl (C=O) groups excluding carboxylic acids is 2. The van der Waals surface area contributed by atoms with Crippen LogP contribution in [-0.2, 0) is 4.79 Å². The summed E-state index contributed by atoms with van der Waals surface area (Å²) in [5.41, 5.74) is 6.25. The standard InChI is InChI=1S/C18H27N3O3/c1-24-16-10-9-13(18(19)23)11-15(16)20-12-17(22)21-14-7-5-3-2-4-6-8-14/h9-11,14,20H,2-8,12H2,1H3,(H2,19,23)(H,21,22). The van der Waals surface area contributed by atoms with Crippen LogP contribution in [0, 0.1) is 0 Å². The molecule has 1 aromatic rings. The molecule has 1 aromatic carbocycles. The van der Waals surface area contributed by atoms with Crippen molar-refractivity contribution in [2.45, 2.75) is 51.0 Å². The molecule has 0 heterocycles. The second kappa shape index (κ2) is 9.15. The topological polar surface area (TPSA) is 93.4 Å². The lowest BCUT2D eigenvalue weighted by molar-refractivity contribution is -0.120. The number of benzene rings is 1. The highest BCUT2D eigenvalue weighted by Crippen LogP contribution is 2.25. The Morgan fingerprint density at radius 3 is 2.46 bits per heavy atom. The summed E-state index contributed by atoms with van der Waals surface area (Å²) in [5, 5.41) is 6.13. The van der Waals surface area contributed by atoms with Crippen LogP contribution in [0.4, 0.5) is 5.69 Å². The molecule has 0 aliphatic heterocycles. The minimum atomic E-state index is -0.514. The monoisotopic (exact) mass is 333 g/mol. The van der Waals surface area contributed by atoms with Crippen molar-refractivity contribution in [1.82, 2.24) is 5.32 Å². The molecule has 2 rings (SSSR count). The summed E-state index contributed by atoms with van der Waals surface area (Å²) in [4.78, 5) is 23.5. The Labute approximate surface area is 143 Å². The van der Waals surface area contributed by atoms with Gasteiger partial charge in [-0.1, -0.05) is 32.1 Å². The highest BCUT2D eigenvalue weighted by Gasteiger charge is 2.14. The van der Waals surface area contributed by atoms with Crippen molar-refractivity contribution in [1.29, 1.82) is 0 Å². The normalized spacial score (nSPS) is 15.9. The molecule has 6 heteroatoms. The molecule has 4 N–H and O–H groups in total. The molecule has 0 unspecified atom stereocenters. The SMILES string of the molecule is COc1ccc(C(N)=O)cc1NCC(=O)NC1CCCCCCC1. The van der Waals surface area contributed by atoms with Crippen molar-refractivity contribution in [2.75, 3.05) is 19.0 Å². The summed E-state index contributed by atoms with van der Waals surface area (Å²) >= 11 is 0. The van der Waals surface area contributed by atoms with Gasteiger partial charge in [-0.25, -0.2) is 0 Å². The van der Waals surface area contributed by atoms with Crippen LogP contribution in [-0.4, -0.2) is 31.5 Å². The van der Waals surface area contributed by atoms with E-state index in [4.69, 9.17) is 10.5 Å². The number of amides is 2. The molecular weight excluding hydrogens is 306 g/mol. The fourth-order valence-corrected chi connectivity index (χ4v) is 3.05. The Morgan fingerprint density at radius 1 is 1.17 bits per heavy atom. The first-order chi connectivity index (χ1) is 11.6. The van der Waals surface area contributed by atoms with Crippen LogP contribution in [0.5, 0.6) is 5.75 Å². The smallest absolute Gasteiger partial charge is 0.248 e. The molecule has 0 atom stereocenters. The zero-order valence-corrected chi connectivity index (χ0v) is 14.3. The highest BCUT2D eigenvalue weighted by molar-refractivity contribution is 5.94. The molecule has 1 fully saturated rings. The zero-order valence-electron chi connectivity index (χ0n) is 14.3. The van der Waals surface area contributed by atoms with Gasteiger partial charge in [-0.15, -0.1) is 0 Å². The molecule has 1 aliphatic carbocycles. The third-order valence-electron chi connectivity index (χ3n) is 4.39. The second-order valence-corrected chi connectivity index (χ2v) is 6.24. The maximum atomic E-state index is 12.2. The van der Waals surface area contributed by atoms with E-state index in [1.165, 1.54) is 32.1 Å². The van der Waals surface area contributed by atoms with Gasteiger partial charge >= 0.3 is 0 Å². The van der Waals surface area contributed by atoms with Gasteiger partial charge in [-0.2, -0.15) is 0 Å². The van der Waals surface area contributed by atoms with Crippen molar-refractivity contribution >= 4 is 17.5 Å². The second-order valence-electron chi connectivity index (χ2n) is 6.24. The summed E-state index contributed by atoms with van der Waals surface area (Å²) < 4.78 is 5.25. The molecule has 6 nitrogen and oxygen atoms in total. The van der Waals surface area contributed by atoms with E-state index in [2.05, 4.69) is 10.6 Å². The maximum absolute atomic E-state index is 12.2. The van der Waals surface area contributed by atoms with Crippen LogP contribution in [0.15, 0.2) is 18.2 Å². The molecule has 24 heavy (non-hydrogen) atoms. The Morgan fingerprint density at radius 2 is 1.83 bits per heavy atom. The Hall–Kier alpha value is -2.24. The average molecular weight is 333 g/mol. The summed E-state index contributed by atoms with van der Waals surface area (Å²) in [6, 6.07) is 5.12. The summed E-state index contributed by atoms with van der Waals surface area (Å²) in [7, 11) is 1.54. The average Bonchev–Trinajstić information content (AvgIpc) is 2.55. The quantitative estimate of drug-likeness (QED) is 0.745. The van der Waals surface area contributed by atoms with Crippen LogP contribution in [0.1, 0.15) is 55.3 Å². The summed E-state index contributed by atoms with van der Waals surface area (Å²) in [6.45, 7) is 0.134. The van der Waals surface area contributed by atoms with Crippen LogP contribution < -0.4 is 21.1 Å². The number of hydrogen-bond acceptors (Lipinski definition) is 4. The van der Waals surface area contributed by atoms with E-state index in [0.29, 0.717) is 17.0 Å². The molecule has 0 aromatic heterocycles. The molecule has 0 bridgehead atoms. The van der Waals surface area contributed by atoms with E-state index in [-0.39, 0.29) is 18.5 Å². The number of nitrogens with two attached hydrogens (primary N) is 1. The van der Waals surface area contributed by atoms with E-state index in [0.717, 1.165) is 12.8 Å². The van der Waals surface area contributed by atoms with Gasteiger partial charge in [0.1, 0.15) is 5.75 Å². The predicted molar refractivity (Wildman–Crippen MR) is 94.3 cm³/mol. The molecule has 0 radical (unpaired) electrons. The van der Waals surface area contributed by atoms with Crippen molar-refractivity contribution in [3.63, 3.8) is 0 Å². The van der Waals surface area contributed by atoms with E-state index in [1.807, 2.05) is 0 Å². The first-order valence-electron chi connectivity index (χ1n) is 8.61. The lowest BCUT2D eigenvalue weighted by Gasteiger charge is -2.21. The van der Waals surface area contributed by atoms with Gasteiger partial charge in [0, 0.05) is 11.6 Å². The number of rotatable bonds is 6. The number of anilines is 1. The van der Waals surface area contributed by atoms with Gasteiger partial charge in [-0.3, -0.25) is 9.59 Å². The van der Waals surface area contributed by atoms with E-state index in [9.17, 15) is 9.59 Å². The third-order valence-corrected chi connectivity index (χ3v) is 4.39. The van der Waals surface area contributed by atoms with Gasteiger partial charge < -0.3 is 21.1 Å². The zero-order chi connectivity index (χ0) is 17.4. The number of nitrogens with one attached hydrogen (secondary N) is 2. The minimum Gasteiger partial charge on any atom is -0.495 e. The van der Waals surface area contributed by atoms with Gasteiger partial charge in [0.2, 0.25) is 11.8 Å². The van der Waals surface area contributed by atoms with E-state index >= 15 is 0 Å². The molecule has 2 amide bonds. The Bertz CT molecular complexity index is 567. The van der Waals surface area contributed by atoms with Gasteiger partial charge in [0.15, 0.2) is 0 Å². The number of hydrogen-bond donors (Lipinski definition) is 3. The fraction of sp³-hybridized carbons (Fsp3) is 0.556. The summed E-state index contributed by atoms with van der Waals surface area (Å²) in [6.07, 6.45) is 8.25. The van der Waals surface area contributed by atoms with Crippen LogP contribution >= 0.6 is 0 Å². The number of primary amides is 1. The van der Waals surface area contributed by atoms with Gasteiger partial charge in [0.05, 0.1) is 19.3 Å². The third kappa shape index (κ3) is 5.44. The van der Waals surface area contributed by atoms with Crippen molar-refractivity contribution in [3.05, 3.63) is 23.8 Å². The minimum absolute atomic E-state index is 0.0490. The van der Waals surface area contributed by atoms with Crippen molar-refractivity contribution < 1.29 is 14.3 Å². The number of carbonyl (C=O) groups is 2. The lowest BCUT2D eigenvalue weighted by atomic mass is 9.97. The predicted octanol–water partition coefficient (Wildman–Crippen LogP) is 2.44. The first-order valence-corrected chi connectivity index (χ1v) is 8.61. The van der Waals surface area contributed by atoms with Crippen LogP contribution in [0.3, 0.4) is 0 Å². The number of methoxy groups -OCH3 is 1. The fourth-order valence-electron chi connectivity index (χ4n) is 3.05. The van der Waals surface area contributed by atoms with Crippen molar-refractivity contribution in [3.8, 4) is 5.75 Å². The number of ether oxygens (including phenoxy) is 1. The summed E-state index contributed by atoms with van der Waals surface area (Å²) in [5.74, 6) is 0.00512. The molecular formula is C18H27N3O3. The molecule has 132 valence electrons. The Kier molecular flexibility index (Phi) is 6.90. The van der Waals surface area contributed by atoms with E-state index in [1.54, 1.807) is 25.3 Å². The van der Waals surface area contributed by atoms with Crippen LogP contribution in [0.25, 0.3) is 0 Å². The Balaban J connectivity index is 1.90. The van der Waals surface area contributed by atoms with Crippen molar-refractivity contribution in [2.24, 2.45) is 5.73 Å². The first kappa shape index (κ1) is 18.1. The van der Waals surface area contributed by atoms with E-state index < -0.39 is 5.91 Å².